The Labute approximate surface area is 117 Å². The Bertz CT molecular complexity index is 337. The standard InChI is InChI=1S/C17H27NO/c1-2-6-14(7-3-1)15(13-18-16-9-10-16)12-17-8-4-5-11-19-17/h5,11-12,14,16-18H,1-4,6-10,13H2/b15-12-. The smallest absolute Gasteiger partial charge is 0.117 e. The van der Waals surface area contributed by atoms with Crippen LogP contribution in [0, 0.1) is 5.92 Å². The lowest BCUT2D eigenvalue weighted by molar-refractivity contribution is 0.163. The van der Waals surface area contributed by atoms with Gasteiger partial charge < -0.3 is 10.1 Å². The molecule has 0 aromatic rings. The third kappa shape index (κ3) is 4.10. The maximum absolute atomic E-state index is 5.74. The van der Waals surface area contributed by atoms with Gasteiger partial charge in [-0.15, -0.1) is 0 Å². The molecule has 0 radical (unpaired) electrons. The second-order valence-corrected chi connectivity index (χ2v) is 6.36. The highest BCUT2D eigenvalue weighted by Gasteiger charge is 2.24. The highest BCUT2D eigenvalue weighted by molar-refractivity contribution is 5.14. The molecule has 0 saturated heterocycles. The minimum atomic E-state index is 0.322. The first-order chi connectivity index (χ1) is 9.42. The summed E-state index contributed by atoms with van der Waals surface area (Å²) in [6, 6.07) is 0.805. The SMILES string of the molecule is C1=COC(/C=C(/CNC2CC2)C2CCCCC2)CC1. The summed E-state index contributed by atoms with van der Waals surface area (Å²) in [5, 5.41) is 3.70. The van der Waals surface area contributed by atoms with E-state index in [4.69, 9.17) is 4.74 Å². The Hall–Kier alpha value is -0.760. The van der Waals surface area contributed by atoms with Crippen molar-refractivity contribution < 1.29 is 4.74 Å². The number of hydrogen-bond acceptors (Lipinski definition) is 2. The maximum atomic E-state index is 5.74. The Morgan fingerprint density at radius 2 is 1.95 bits per heavy atom. The number of hydrogen-bond donors (Lipinski definition) is 1. The zero-order chi connectivity index (χ0) is 12.9. The first-order valence-electron chi connectivity index (χ1n) is 8.16. The molecule has 1 atom stereocenters. The number of nitrogens with one attached hydrogen (secondary N) is 1. The van der Waals surface area contributed by atoms with E-state index < -0.39 is 0 Å². The summed E-state index contributed by atoms with van der Waals surface area (Å²) in [5.74, 6) is 0.814. The summed E-state index contributed by atoms with van der Waals surface area (Å²) in [6.07, 6.45) is 18.9. The van der Waals surface area contributed by atoms with E-state index in [0.717, 1.165) is 31.3 Å². The van der Waals surface area contributed by atoms with Gasteiger partial charge in [0.05, 0.1) is 6.26 Å². The molecule has 19 heavy (non-hydrogen) atoms. The second kappa shape index (κ2) is 6.60. The van der Waals surface area contributed by atoms with Gasteiger partial charge in [0, 0.05) is 12.6 Å². The van der Waals surface area contributed by atoms with Crippen LogP contribution in [0.3, 0.4) is 0 Å². The van der Waals surface area contributed by atoms with Gasteiger partial charge in [0.25, 0.3) is 0 Å². The van der Waals surface area contributed by atoms with Gasteiger partial charge in [-0.1, -0.05) is 24.8 Å². The van der Waals surface area contributed by atoms with Crippen molar-refractivity contribution in [2.24, 2.45) is 5.92 Å². The highest BCUT2D eigenvalue weighted by Crippen LogP contribution is 2.31. The predicted molar refractivity (Wildman–Crippen MR) is 78.9 cm³/mol. The quantitative estimate of drug-likeness (QED) is 0.757. The first-order valence-corrected chi connectivity index (χ1v) is 8.16. The van der Waals surface area contributed by atoms with E-state index >= 15 is 0 Å². The predicted octanol–water partition coefficient (Wildman–Crippen LogP) is 3.94. The van der Waals surface area contributed by atoms with Crippen LogP contribution < -0.4 is 5.32 Å². The van der Waals surface area contributed by atoms with Crippen LogP contribution in [0.4, 0.5) is 0 Å². The molecule has 2 nitrogen and oxygen atoms in total. The number of allylic oxidation sites excluding steroid dienone is 1. The van der Waals surface area contributed by atoms with E-state index in [-0.39, 0.29) is 0 Å². The largest absolute Gasteiger partial charge is 0.494 e. The van der Waals surface area contributed by atoms with Crippen LogP contribution >= 0.6 is 0 Å². The second-order valence-electron chi connectivity index (χ2n) is 6.36. The number of rotatable bonds is 5. The van der Waals surface area contributed by atoms with E-state index in [1.165, 1.54) is 44.9 Å². The van der Waals surface area contributed by atoms with Gasteiger partial charge in [-0.25, -0.2) is 0 Å². The summed E-state index contributed by atoms with van der Waals surface area (Å²) in [7, 11) is 0. The molecule has 106 valence electrons. The third-order valence-electron chi connectivity index (χ3n) is 4.67. The molecule has 3 aliphatic rings. The van der Waals surface area contributed by atoms with Gasteiger partial charge in [-0.3, -0.25) is 0 Å². The minimum absolute atomic E-state index is 0.322. The Morgan fingerprint density at radius 3 is 2.63 bits per heavy atom. The molecule has 2 heteroatoms. The van der Waals surface area contributed by atoms with Crippen LogP contribution in [0.1, 0.15) is 57.8 Å². The summed E-state index contributed by atoms with van der Waals surface area (Å²) < 4.78 is 5.74. The Morgan fingerprint density at radius 1 is 1.11 bits per heavy atom. The van der Waals surface area contributed by atoms with Crippen LogP contribution in [-0.2, 0) is 4.74 Å². The van der Waals surface area contributed by atoms with Gasteiger partial charge in [0.15, 0.2) is 0 Å². The fourth-order valence-electron chi connectivity index (χ4n) is 3.28. The molecule has 3 rings (SSSR count). The maximum Gasteiger partial charge on any atom is 0.117 e. The Kier molecular flexibility index (Phi) is 4.60. The van der Waals surface area contributed by atoms with Crippen LogP contribution in [0.5, 0.6) is 0 Å². The van der Waals surface area contributed by atoms with Crippen LogP contribution in [-0.4, -0.2) is 18.7 Å². The third-order valence-corrected chi connectivity index (χ3v) is 4.67. The molecule has 0 aromatic heterocycles. The van der Waals surface area contributed by atoms with E-state index in [1.54, 1.807) is 5.57 Å². The van der Waals surface area contributed by atoms with Crippen molar-refractivity contribution in [3.8, 4) is 0 Å². The lowest BCUT2D eigenvalue weighted by Crippen LogP contribution is -2.25. The van der Waals surface area contributed by atoms with E-state index in [2.05, 4.69) is 17.5 Å². The normalized spacial score (nSPS) is 29.3. The Balaban J connectivity index is 1.62. The fourth-order valence-corrected chi connectivity index (χ4v) is 3.28. The summed E-state index contributed by atoms with van der Waals surface area (Å²) in [5.41, 5.74) is 1.63. The molecule has 1 unspecified atom stereocenters. The van der Waals surface area contributed by atoms with E-state index in [9.17, 15) is 0 Å². The topological polar surface area (TPSA) is 21.3 Å². The van der Waals surface area contributed by atoms with Crippen LogP contribution in [0.25, 0.3) is 0 Å². The van der Waals surface area contributed by atoms with Crippen molar-refractivity contribution in [3.05, 3.63) is 24.0 Å². The van der Waals surface area contributed by atoms with Crippen molar-refractivity contribution in [3.63, 3.8) is 0 Å². The van der Waals surface area contributed by atoms with Crippen molar-refractivity contribution >= 4 is 0 Å². The van der Waals surface area contributed by atoms with Gasteiger partial charge in [0.1, 0.15) is 6.10 Å². The summed E-state index contributed by atoms with van der Waals surface area (Å²) >= 11 is 0. The van der Waals surface area contributed by atoms with Crippen molar-refractivity contribution in [2.75, 3.05) is 6.54 Å². The molecule has 0 bridgehead atoms. The van der Waals surface area contributed by atoms with Gasteiger partial charge in [0.2, 0.25) is 0 Å². The molecular formula is C17H27NO. The molecule has 1 aliphatic heterocycles. The summed E-state index contributed by atoms with van der Waals surface area (Å²) in [4.78, 5) is 0. The molecule has 0 aromatic carbocycles. The average molecular weight is 261 g/mol. The molecular weight excluding hydrogens is 234 g/mol. The first kappa shape index (κ1) is 13.2. The minimum Gasteiger partial charge on any atom is -0.494 e. The molecule has 1 N–H and O–H groups in total. The zero-order valence-corrected chi connectivity index (χ0v) is 11.9. The van der Waals surface area contributed by atoms with Crippen LogP contribution in [0.15, 0.2) is 24.0 Å². The average Bonchev–Trinajstić information content (AvgIpc) is 3.30. The van der Waals surface area contributed by atoms with E-state index in [1.807, 2.05) is 6.26 Å². The lowest BCUT2D eigenvalue weighted by Gasteiger charge is -2.27. The molecule has 0 spiro atoms. The molecule has 1 heterocycles. The van der Waals surface area contributed by atoms with Gasteiger partial charge in [-0.2, -0.15) is 0 Å². The van der Waals surface area contributed by atoms with Gasteiger partial charge in [-0.05, 0) is 56.6 Å². The lowest BCUT2D eigenvalue weighted by atomic mass is 9.83. The fraction of sp³-hybridized carbons (Fsp3) is 0.765. The van der Waals surface area contributed by atoms with Crippen molar-refractivity contribution in [1.29, 1.82) is 0 Å². The monoisotopic (exact) mass is 261 g/mol. The molecule has 2 fully saturated rings. The summed E-state index contributed by atoms with van der Waals surface area (Å²) in [6.45, 7) is 1.10. The van der Waals surface area contributed by atoms with Gasteiger partial charge >= 0.3 is 0 Å². The molecule has 2 saturated carbocycles. The highest BCUT2D eigenvalue weighted by atomic mass is 16.5. The zero-order valence-electron chi connectivity index (χ0n) is 11.9. The molecule has 0 amide bonds. The number of ether oxygens (including phenoxy) is 1. The van der Waals surface area contributed by atoms with E-state index in [0.29, 0.717) is 6.10 Å². The van der Waals surface area contributed by atoms with Crippen molar-refractivity contribution in [2.45, 2.75) is 69.9 Å². The van der Waals surface area contributed by atoms with Crippen LogP contribution in [0.2, 0.25) is 0 Å². The van der Waals surface area contributed by atoms with Crippen molar-refractivity contribution in [1.82, 2.24) is 5.32 Å². The molecule has 2 aliphatic carbocycles.